The molecule has 0 aromatic heterocycles. The molecule has 1 rings (SSSR count). The molecule has 14 heavy (non-hydrogen) atoms. The van der Waals surface area contributed by atoms with E-state index in [-0.39, 0.29) is 24.7 Å². The molecule has 0 saturated carbocycles. The van der Waals surface area contributed by atoms with Crippen LogP contribution in [0.1, 0.15) is 0 Å². The van der Waals surface area contributed by atoms with Crippen molar-refractivity contribution >= 4 is 21.8 Å². The van der Waals surface area contributed by atoms with Gasteiger partial charge in [-0.25, -0.2) is 13.2 Å². The van der Waals surface area contributed by atoms with Gasteiger partial charge in [-0.2, -0.15) is 0 Å². The van der Waals surface area contributed by atoms with Gasteiger partial charge in [0.05, 0.1) is 5.75 Å². The Morgan fingerprint density at radius 2 is 1.93 bits per heavy atom. The van der Waals surface area contributed by atoms with E-state index in [1.165, 1.54) is 11.9 Å². The van der Waals surface area contributed by atoms with Crippen LogP contribution in [0.3, 0.4) is 0 Å². The highest BCUT2D eigenvalue weighted by Crippen LogP contribution is 2.07. The second-order valence-electron chi connectivity index (χ2n) is 3.31. The second kappa shape index (κ2) is 3.56. The van der Waals surface area contributed by atoms with Crippen LogP contribution in [0.4, 0.5) is 4.79 Å². The molecule has 0 aromatic rings. The molecule has 0 bridgehead atoms. The van der Waals surface area contributed by atoms with Crippen molar-refractivity contribution in [3.8, 4) is 0 Å². The van der Waals surface area contributed by atoms with Gasteiger partial charge in [0, 0.05) is 19.8 Å². The fraction of sp³-hybridized carbons (Fsp3) is 0.714. The zero-order valence-corrected chi connectivity index (χ0v) is 8.87. The molecule has 0 unspecified atom stereocenters. The third-order valence-electron chi connectivity index (χ3n) is 1.92. The largest absolute Gasteiger partial charge is 0.326 e. The monoisotopic (exact) mass is 220 g/mol. The molecular weight excluding hydrogens is 208 g/mol. The first-order chi connectivity index (χ1) is 6.31. The van der Waals surface area contributed by atoms with Gasteiger partial charge in [-0.3, -0.25) is 9.69 Å². The van der Waals surface area contributed by atoms with Crippen molar-refractivity contribution in [1.82, 2.24) is 9.80 Å². The number of likely N-dealkylation sites (N-methyl/N-ethyl adjacent to an activating group) is 1. The topological polar surface area (TPSA) is 74.8 Å². The lowest BCUT2D eigenvalue weighted by Crippen LogP contribution is -2.35. The number of amides is 3. The first-order valence-corrected chi connectivity index (χ1v) is 6.10. The van der Waals surface area contributed by atoms with E-state index in [0.29, 0.717) is 0 Å². The summed E-state index contributed by atoms with van der Waals surface area (Å²) in [6, 6.07) is -0.432. The zero-order chi connectivity index (χ0) is 10.9. The maximum absolute atomic E-state index is 11.3. The Bertz CT molecular complexity index is 362. The quantitative estimate of drug-likeness (QED) is 0.567. The fourth-order valence-corrected chi connectivity index (χ4v) is 1.66. The summed E-state index contributed by atoms with van der Waals surface area (Å²) < 4.78 is 21.6. The lowest BCUT2D eigenvalue weighted by Gasteiger charge is -2.12. The summed E-state index contributed by atoms with van der Waals surface area (Å²) in [6.45, 7) is -0.0244. The van der Waals surface area contributed by atoms with Crippen LogP contribution in [0.15, 0.2) is 0 Å². The van der Waals surface area contributed by atoms with E-state index < -0.39 is 15.9 Å². The molecule has 80 valence electrons. The summed E-state index contributed by atoms with van der Waals surface area (Å²) >= 11 is 0. The van der Waals surface area contributed by atoms with E-state index in [2.05, 4.69) is 0 Å². The van der Waals surface area contributed by atoms with E-state index in [4.69, 9.17) is 0 Å². The van der Waals surface area contributed by atoms with Crippen molar-refractivity contribution in [2.45, 2.75) is 0 Å². The summed E-state index contributed by atoms with van der Waals surface area (Å²) in [5.41, 5.74) is 0. The minimum Gasteiger partial charge on any atom is -0.318 e. The number of sulfone groups is 1. The van der Waals surface area contributed by atoms with Crippen LogP contribution in [-0.4, -0.2) is 62.3 Å². The predicted octanol–water partition coefficient (Wildman–Crippen LogP) is -1.07. The molecule has 1 saturated heterocycles. The zero-order valence-electron chi connectivity index (χ0n) is 8.06. The lowest BCUT2D eigenvalue weighted by atomic mass is 10.5. The van der Waals surface area contributed by atoms with Gasteiger partial charge < -0.3 is 4.90 Å². The predicted molar refractivity (Wildman–Crippen MR) is 49.4 cm³/mol. The van der Waals surface area contributed by atoms with Crippen molar-refractivity contribution in [2.24, 2.45) is 0 Å². The molecule has 7 heteroatoms. The Morgan fingerprint density at radius 1 is 1.36 bits per heavy atom. The average molecular weight is 220 g/mol. The van der Waals surface area contributed by atoms with E-state index in [1.807, 2.05) is 0 Å². The summed E-state index contributed by atoms with van der Waals surface area (Å²) in [5.74, 6) is -0.528. The van der Waals surface area contributed by atoms with Crippen molar-refractivity contribution in [3.05, 3.63) is 0 Å². The number of rotatable bonds is 3. The minimum absolute atomic E-state index is 0.0304. The molecule has 6 nitrogen and oxygen atoms in total. The Morgan fingerprint density at radius 3 is 2.29 bits per heavy atom. The SMILES string of the molecule is CN1CC(=O)N(CCS(C)(=O)=O)C1=O. The maximum Gasteiger partial charge on any atom is 0.326 e. The van der Waals surface area contributed by atoms with Gasteiger partial charge in [0.1, 0.15) is 16.4 Å². The first-order valence-electron chi connectivity index (χ1n) is 4.04. The number of hydrogen-bond acceptors (Lipinski definition) is 4. The summed E-state index contributed by atoms with van der Waals surface area (Å²) in [4.78, 5) is 24.7. The number of urea groups is 1. The van der Waals surface area contributed by atoms with Crippen LogP contribution in [0, 0.1) is 0 Å². The van der Waals surface area contributed by atoms with Crippen LogP contribution in [0.25, 0.3) is 0 Å². The summed E-state index contributed by atoms with van der Waals surface area (Å²) in [5, 5.41) is 0. The Labute approximate surface area is 82.4 Å². The van der Waals surface area contributed by atoms with Crippen LogP contribution >= 0.6 is 0 Å². The highest BCUT2D eigenvalue weighted by Gasteiger charge is 2.33. The molecule has 0 spiro atoms. The Balaban J connectivity index is 2.62. The van der Waals surface area contributed by atoms with E-state index in [9.17, 15) is 18.0 Å². The molecule has 0 atom stereocenters. The molecule has 0 aromatic carbocycles. The van der Waals surface area contributed by atoms with E-state index in [1.54, 1.807) is 0 Å². The van der Waals surface area contributed by atoms with Gasteiger partial charge in [-0.1, -0.05) is 0 Å². The van der Waals surface area contributed by atoms with Gasteiger partial charge >= 0.3 is 6.03 Å². The molecule has 1 aliphatic heterocycles. The highest BCUT2D eigenvalue weighted by molar-refractivity contribution is 7.90. The second-order valence-corrected chi connectivity index (χ2v) is 5.57. The molecule has 1 fully saturated rings. The molecule has 1 aliphatic rings. The number of hydrogen-bond donors (Lipinski definition) is 0. The first kappa shape index (κ1) is 11.0. The smallest absolute Gasteiger partial charge is 0.318 e. The molecule has 1 heterocycles. The van der Waals surface area contributed by atoms with E-state index >= 15 is 0 Å². The van der Waals surface area contributed by atoms with E-state index in [0.717, 1.165) is 11.2 Å². The highest BCUT2D eigenvalue weighted by atomic mass is 32.2. The minimum atomic E-state index is -3.14. The normalized spacial score (nSPS) is 18.1. The number of nitrogens with zero attached hydrogens (tertiary/aromatic N) is 2. The molecule has 0 radical (unpaired) electrons. The maximum atomic E-state index is 11.3. The van der Waals surface area contributed by atoms with Crippen molar-refractivity contribution in [3.63, 3.8) is 0 Å². The third kappa shape index (κ3) is 2.44. The van der Waals surface area contributed by atoms with Crippen LogP contribution < -0.4 is 0 Å². The number of carbonyl (C=O) groups is 2. The van der Waals surface area contributed by atoms with Gasteiger partial charge in [-0.15, -0.1) is 0 Å². The molecule has 0 aliphatic carbocycles. The fourth-order valence-electron chi connectivity index (χ4n) is 1.15. The van der Waals surface area contributed by atoms with Crippen LogP contribution in [0.5, 0.6) is 0 Å². The molecule has 3 amide bonds. The average Bonchev–Trinajstić information content (AvgIpc) is 2.23. The molecular formula is C7H12N2O4S. The van der Waals surface area contributed by atoms with Gasteiger partial charge in [0.2, 0.25) is 5.91 Å². The van der Waals surface area contributed by atoms with Crippen molar-refractivity contribution in [1.29, 1.82) is 0 Å². The Kier molecular flexibility index (Phi) is 2.79. The number of imide groups is 1. The van der Waals surface area contributed by atoms with Crippen LogP contribution in [-0.2, 0) is 14.6 Å². The Hall–Kier alpha value is -1.11. The molecule has 0 N–H and O–H groups in total. The van der Waals surface area contributed by atoms with Crippen molar-refractivity contribution in [2.75, 3.05) is 32.1 Å². The van der Waals surface area contributed by atoms with Crippen LogP contribution in [0.2, 0.25) is 0 Å². The van der Waals surface area contributed by atoms with Crippen molar-refractivity contribution < 1.29 is 18.0 Å². The lowest BCUT2D eigenvalue weighted by molar-refractivity contribution is -0.125. The third-order valence-corrected chi connectivity index (χ3v) is 2.84. The van der Waals surface area contributed by atoms with Gasteiger partial charge in [-0.05, 0) is 0 Å². The van der Waals surface area contributed by atoms with Gasteiger partial charge in [0.25, 0.3) is 0 Å². The summed E-state index contributed by atoms with van der Waals surface area (Å²) in [7, 11) is -1.64. The number of carbonyl (C=O) groups excluding carboxylic acids is 2. The standard InChI is InChI=1S/C7H12N2O4S/c1-8-5-6(10)9(7(8)11)3-4-14(2,12)13/h3-5H2,1-2H3. The van der Waals surface area contributed by atoms with Gasteiger partial charge in [0.15, 0.2) is 0 Å². The summed E-state index contributed by atoms with van der Waals surface area (Å²) in [6.07, 6.45) is 1.07.